The molecule has 0 unspecified atom stereocenters. The van der Waals surface area contributed by atoms with E-state index in [9.17, 15) is 0 Å². The summed E-state index contributed by atoms with van der Waals surface area (Å²) in [6.07, 6.45) is 0. The number of hydrogen-bond donors (Lipinski definition) is 0. The number of nitrogens with zero attached hydrogens (tertiary/aromatic N) is 1. The normalized spacial score (nSPS) is 12.2. The lowest BCUT2D eigenvalue weighted by molar-refractivity contribution is 1.18. The van der Waals surface area contributed by atoms with E-state index >= 15 is 0 Å². The molecule has 0 spiro atoms. The van der Waals surface area contributed by atoms with Crippen LogP contribution < -0.4 is 0 Å². The largest absolute Gasteiger partial charge is 0.309 e. The molecule has 1 aliphatic heterocycles. The minimum absolute atomic E-state index is 1.18. The molecule has 0 saturated carbocycles. The monoisotopic (exact) mass is 551 g/mol. The molecule has 0 aliphatic carbocycles. The van der Waals surface area contributed by atoms with E-state index in [2.05, 4.69) is 156 Å². The van der Waals surface area contributed by atoms with E-state index in [1.54, 1.807) is 0 Å². The summed E-state index contributed by atoms with van der Waals surface area (Å²) in [6.45, 7) is 0. The topological polar surface area (TPSA) is 4.93 Å². The number of benzene rings is 7. The van der Waals surface area contributed by atoms with E-state index in [-0.39, 0.29) is 0 Å². The Labute approximate surface area is 248 Å². The van der Waals surface area contributed by atoms with Gasteiger partial charge in [-0.05, 0) is 81.2 Å². The van der Waals surface area contributed by atoms with Gasteiger partial charge in [0, 0.05) is 31.6 Å². The van der Waals surface area contributed by atoms with Crippen LogP contribution in [-0.2, 0) is 0 Å². The van der Waals surface area contributed by atoms with Crippen LogP contribution in [0, 0.1) is 0 Å². The molecule has 196 valence electrons. The maximum Gasteiger partial charge on any atom is 0.0547 e. The average molecular weight is 552 g/mol. The highest BCUT2D eigenvalue weighted by Gasteiger charge is 2.21. The Morgan fingerprint density at radius 2 is 1.07 bits per heavy atom. The second-order valence-corrected chi connectivity index (χ2v) is 12.0. The van der Waals surface area contributed by atoms with E-state index in [1.807, 2.05) is 11.8 Å². The zero-order valence-electron chi connectivity index (χ0n) is 22.8. The molecule has 0 saturated heterocycles. The first-order chi connectivity index (χ1) is 20.8. The van der Waals surface area contributed by atoms with Crippen molar-refractivity contribution in [2.24, 2.45) is 0 Å². The van der Waals surface area contributed by atoms with Gasteiger partial charge in [0.2, 0.25) is 0 Å². The van der Waals surface area contributed by atoms with Gasteiger partial charge in [-0.3, -0.25) is 0 Å². The van der Waals surface area contributed by atoms with Crippen molar-refractivity contribution in [1.82, 2.24) is 4.57 Å². The molecule has 1 aliphatic rings. The Bertz CT molecular complexity index is 2320. The SMILES string of the molecule is c1ccc(-n2c3ccccc3c3c(-c4ccccc4-c4ccc5c(c4)-c4cccc6cccc(c46)S5)cccc32)cc1. The highest BCUT2D eigenvalue weighted by atomic mass is 32.2. The third kappa shape index (κ3) is 3.46. The maximum atomic E-state index is 2.40. The molecule has 0 amide bonds. The zero-order valence-corrected chi connectivity index (χ0v) is 23.6. The first kappa shape index (κ1) is 23.6. The van der Waals surface area contributed by atoms with Crippen molar-refractivity contribution in [3.63, 3.8) is 0 Å². The summed E-state index contributed by atoms with van der Waals surface area (Å²) in [5, 5.41) is 5.22. The molecular formula is C40H25NS. The molecule has 9 rings (SSSR count). The first-order valence-corrected chi connectivity index (χ1v) is 15.2. The summed E-state index contributed by atoms with van der Waals surface area (Å²) < 4.78 is 2.39. The maximum absolute atomic E-state index is 2.40. The third-order valence-electron chi connectivity index (χ3n) is 8.60. The van der Waals surface area contributed by atoms with E-state index < -0.39 is 0 Å². The average Bonchev–Trinajstić information content (AvgIpc) is 3.40. The summed E-state index contributed by atoms with van der Waals surface area (Å²) >= 11 is 1.88. The molecule has 0 fully saturated rings. The van der Waals surface area contributed by atoms with Crippen molar-refractivity contribution in [2.75, 3.05) is 0 Å². The number of para-hydroxylation sites is 2. The Kier molecular flexibility index (Phi) is 5.20. The minimum atomic E-state index is 1.18. The van der Waals surface area contributed by atoms with Gasteiger partial charge in [-0.15, -0.1) is 0 Å². The quantitative estimate of drug-likeness (QED) is 0.211. The lowest BCUT2D eigenvalue weighted by Gasteiger charge is -2.21. The van der Waals surface area contributed by atoms with Crippen LogP contribution in [0.1, 0.15) is 0 Å². The fraction of sp³-hybridized carbons (Fsp3) is 0. The Balaban J connectivity index is 1.29. The van der Waals surface area contributed by atoms with Crippen LogP contribution in [0.3, 0.4) is 0 Å². The summed E-state index contributed by atoms with van der Waals surface area (Å²) in [7, 11) is 0. The van der Waals surface area contributed by atoms with Gasteiger partial charge in [0.05, 0.1) is 11.0 Å². The van der Waals surface area contributed by atoms with Gasteiger partial charge >= 0.3 is 0 Å². The van der Waals surface area contributed by atoms with Crippen molar-refractivity contribution >= 4 is 44.3 Å². The van der Waals surface area contributed by atoms with E-state index in [1.165, 1.54) is 81.4 Å². The molecule has 0 atom stereocenters. The highest BCUT2D eigenvalue weighted by molar-refractivity contribution is 7.99. The molecule has 2 heteroatoms. The highest BCUT2D eigenvalue weighted by Crippen LogP contribution is 2.49. The predicted octanol–water partition coefficient (Wildman–Crippen LogP) is 11.4. The lowest BCUT2D eigenvalue weighted by atomic mass is 9.90. The van der Waals surface area contributed by atoms with Gasteiger partial charge < -0.3 is 4.57 Å². The molecule has 1 aromatic heterocycles. The van der Waals surface area contributed by atoms with Gasteiger partial charge in [0.1, 0.15) is 0 Å². The smallest absolute Gasteiger partial charge is 0.0547 e. The Morgan fingerprint density at radius 1 is 0.405 bits per heavy atom. The molecule has 42 heavy (non-hydrogen) atoms. The van der Waals surface area contributed by atoms with E-state index in [0.717, 1.165) is 0 Å². The number of rotatable bonds is 3. The molecule has 0 bridgehead atoms. The lowest BCUT2D eigenvalue weighted by Crippen LogP contribution is -1.94. The van der Waals surface area contributed by atoms with Crippen molar-refractivity contribution in [1.29, 1.82) is 0 Å². The minimum Gasteiger partial charge on any atom is -0.309 e. The first-order valence-electron chi connectivity index (χ1n) is 14.4. The van der Waals surface area contributed by atoms with Crippen LogP contribution in [0.2, 0.25) is 0 Å². The van der Waals surface area contributed by atoms with Crippen LogP contribution in [0.5, 0.6) is 0 Å². The fourth-order valence-corrected chi connectivity index (χ4v) is 7.93. The Hall–Kier alpha value is -5.05. The molecule has 7 aromatic carbocycles. The van der Waals surface area contributed by atoms with Crippen molar-refractivity contribution < 1.29 is 0 Å². The second-order valence-electron chi connectivity index (χ2n) is 10.9. The summed E-state index contributed by atoms with van der Waals surface area (Å²) in [5.41, 5.74) is 11.3. The number of fused-ring (bicyclic) bond motifs is 5. The molecular weight excluding hydrogens is 527 g/mol. The Morgan fingerprint density at radius 3 is 1.95 bits per heavy atom. The van der Waals surface area contributed by atoms with E-state index in [0.29, 0.717) is 0 Å². The molecule has 8 aromatic rings. The van der Waals surface area contributed by atoms with Crippen LogP contribution in [0.4, 0.5) is 0 Å². The van der Waals surface area contributed by atoms with E-state index in [4.69, 9.17) is 0 Å². The summed E-state index contributed by atoms with van der Waals surface area (Å²) in [5.74, 6) is 0. The summed E-state index contributed by atoms with van der Waals surface area (Å²) in [6, 6.07) is 55.4. The molecule has 1 nitrogen and oxygen atoms in total. The molecule has 0 N–H and O–H groups in total. The number of aromatic nitrogens is 1. The molecule has 2 heterocycles. The van der Waals surface area contributed by atoms with Gasteiger partial charge in [-0.25, -0.2) is 0 Å². The van der Waals surface area contributed by atoms with Gasteiger partial charge in [0.15, 0.2) is 0 Å². The van der Waals surface area contributed by atoms with Crippen molar-refractivity contribution in [3.8, 4) is 39.1 Å². The standard InChI is InChI=1S/C40H25NS/c1-2-13-28(14-3-1)41-35-20-7-6-17-33(35)40-31(19-10-21-36(40)41)30-16-5-4-15-29(30)27-23-24-37-34(25-27)32-18-8-11-26-12-9-22-38(42-37)39(26)32/h1-25H. The van der Waals surface area contributed by atoms with Crippen LogP contribution in [0.25, 0.3) is 71.6 Å². The van der Waals surface area contributed by atoms with Crippen molar-refractivity contribution in [3.05, 3.63) is 152 Å². The van der Waals surface area contributed by atoms with Crippen LogP contribution in [-0.4, -0.2) is 4.57 Å². The molecule has 0 radical (unpaired) electrons. The summed E-state index contributed by atoms with van der Waals surface area (Å²) in [4.78, 5) is 2.65. The predicted molar refractivity (Wildman–Crippen MR) is 179 cm³/mol. The van der Waals surface area contributed by atoms with Gasteiger partial charge in [-0.2, -0.15) is 0 Å². The van der Waals surface area contributed by atoms with Crippen LogP contribution >= 0.6 is 11.8 Å². The van der Waals surface area contributed by atoms with Crippen molar-refractivity contribution in [2.45, 2.75) is 9.79 Å². The van der Waals surface area contributed by atoms with Crippen LogP contribution in [0.15, 0.2) is 161 Å². The zero-order chi connectivity index (χ0) is 27.6. The second kappa shape index (κ2) is 9.24. The number of hydrogen-bond acceptors (Lipinski definition) is 1. The van der Waals surface area contributed by atoms with Gasteiger partial charge in [0.25, 0.3) is 0 Å². The fourth-order valence-electron chi connectivity index (χ4n) is 6.80. The third-order valence-corrected chi connectivity index (χ3v) is 9.73. The van der Waals surface area contributed by atoms with Gasteiger partial charge in [-0.1, -0.05) is 121 Å².